The molecule has 3 aromatic heterocycles. The Morgan fingerprint density at radius 2 is 2.14 bits per heavy atom. The van der Waals surface area contributed by atoms with Crippen molar-refractivity contribution in [2.24, 2.45) is 0 Å². The lowest BCUT2D eigenvalue weighted by Gasteiger charge is -2.32. The second-order valence-corrected chi connectivity index (χ2v) is 8.95. The number of H-pyrrole nitrogens is 1. The molecule has 0 radical (unpaired) electrons. The fourth-order valence-electron chi connectivity index (χ4n) is 3.15. The summed E-state index contributed by atoms with van der Waals surface area (Å²) < 4.78 is 0.159. The van der Waals surface area contributed by atoms with Crippen molar-refractivity contribution >= 4 is 43.7 Å². The summed E-state index contributed by atoms with van der Waals surface area (Å²) >= 11 is 3.47. The molecule has 1 aliphatic heterocycles. The van der Waals surface area contributed by atoms with E-state index in [0.717, 1.165) is 39.3 Å². The van der Waals surface area contributed by atoms with Crippen LogP contribution in [0.1, 0.15) is 37.6 Å². The Morgan fingerprint density at radius 1 is 1.32 bits per heavy atom. The second kappa shape index (κ2) is 4.80. The van der Waals surface area contributed by atoms with E-state index < -0.39 is 0 Å². The Kier molecular flexibility index (Phi) is 3.10. The third-order valence-corrected chi connectivity index (χ3v) is 6.61. The zero-order valence-corrected chi connectivity index (χ0v) is 14.5. The molecule has 0 fully saturated rings. The van der Waals surface area contributed by atoms with E-state index in [1.54, 1.807) is 6.33 Å². The molecule has 6 heteroatoms. The van der Waals surface area contributed by atoms with E-state index in [2.05, 4.69) is 30.7 Å². The smallest absolute Gasteiger partial charge is 0.215 e. The Morgan fingerprint density at radius 3 is 2.91 bits per heavy atom. The quantitative estimate of drug-likeness (QED) is 0.739. The summed E-state index contributed by atoms with van der Waals surface area (Å²) in [7, 11) is 0. The Hall–Kier alpha value is -1.40. The largest absolute Gasteiger partial charge is 0.341 e. The molecule has 4 nitrogen and oxygen atoms in total. The van der Waals surface area contributed by atoms with Gasteiger partial charge in [0.2, 0.25) is 5.43 Å². The Labute approximate surface area is 136 Å². The van der Waals surface area contributed by atoms with Crippen molar-refractivity contribution < 1.29 is 0 Å². The van der Waals surface area contributed by atoms with Crippen LogP contribution in [-0.2, 0) is 18.6 Å². The molecular weight excluding hydrogens is 314 g/mol. The predicted molar refractivity (Wildman–Crippen MR) is 94.0 cm³/mol. The molecule has 1 N–H and O–H groups in total. The maximum atomic E-state index is 12.9. The number of thioether (sulfide) groups is 1. The first-order valence-electron chi connectivity index (χ1n) is 7.44. The number of aryl methyl sites for hydroxylation is 1. The molecule has 4 rings (SSSR count). The molecule has 0 bridgehead atoms. The number of imidazole rings is 1. The number of pyridine rings is 1. The van der Waals surface area contributed by atoms with Crippen LogP contribution in [0.25, 0.3) is 20.6 Å². The van der Waals surface area contributed by atoms with Gasteiger partial charge in [0.15, 0.2) is 0 Å². The highest BCUT2D eigenvalue weighted by molar-refractivity contribution is 7.99. The van der Waals surface area contributed by atoms with Crippen molar-refractivity contribution in [2.45, 2.75) is 44.1 Å². The van der Waals surface area contributed by atoms with Crippen LogP contribution >= 0.6 is 23.1 Å². The lowest BCUT2D eigenvalue weighted by atomic mass is 9.93. The van der Waals surface area contributed by atoms with Crippen LogP contribution in [0, 0.1) is 0 Å². The number of nitrogens with one attached hydrogen (secondary N) is 1. The number of fused-ring (bicyclic) bond motifs is 4. The zero-order chi connectivity index (χ0) is 15.5. The van der Waals surface area contributed by atoms with Gasteiger partial charge in [-0.25, -0.2) is 9.97 Å². The first-order valence-corrected chi connectivity index (χ1v) is 9.25. The molecular formula is C16H17N3OS2. The van der Waals surface area contributed by atoms with Gasteiger partial charge in [0.25, 0.3) is 0 Å². The number of aromatic amines is 1. The highest BCUT2D eigenvalue weighted by atomic mass is 32.2. The molecule has 0 saturated carbocycles. The second-order valence-electron chi connectivity index (χ2n) is 6.29. The summed E-state index contributed by atoms with van der Waals surface area (Å²) in [6.07, 6.45) is 3.41. The minimum atomic E-state index is 0.0513. The SMILES string of the molecule is CCc1nc2sc3nc[nH]c3c(=O)c2c2c1CSC(C)(C)C2. The van der Waals surface area contributed by atoms with Gasteiger partial charge in [0.05, 0.1) is 11.7 Å². The van der Waals surface area contributed by atoms with Crippen LogP contribution in [0.4, 0.5) is 0 Å². The van der Waals surface area contributed by atoms with Crippen LogP contribution in [-0.4, -0.2) is 19.7 Å². The van der Waals surface area contributed by atoms with Gasteiger partial charge >= 0.3 is 0 Å². The number of hydrogen-bond acceptors (Lipinski definition) is 5. The first kappa shape index (κ1) is 14.2. The molecule has 4 heterocycles. The summed E-state index contributed by atoms with van der Waals surface area (Å²) in [6.45, 7) is 6.64. The molecule has 0 aromatic carbocycles. The lowest BCUT2D eigenvalue weighted by molar-refractivity contribution is 0.693. The van der Waals surface area contributed by atoms with Crippen molar-refractivity contribution in [3.63, 3.8) is 0 Å². The van der Waals surface area contributed by atoms with E-state index in [-0.39, 0.29) is 10.2 Å². The molecule has 0 amide bonds. The number of rotatable bonds is 1. The lowest BCUT2D eigenvalue weighted by Crippen LogP contribution is -2.26. The monoisotopic (exact) mass is 331 g/mol. The molecule has 1 aliphatic rings. The van der Waals surface area contributed by atoms with Gasteiger partial charge in [-0.05, 0) is 24.0 Å². The van der Waals surface area contributed by atoms with Gasteiger partial charge in [0, 0.05) is 16.2 Å². The van der Waals surface area contributed by atoms with Gasteiger partial charge in [-0.15, -0.1) is 0 Å². The first-order chi connectivity index (χ1) is 10.5. The summed E-state index contributed by atoms with van der Waals surface area (Å²) in [4.78, 5) is 26.5. The number of aromatic nitrogens is 3. The van der Waals surface area contributed by atoms with Crippen LogP contribution in [0.2, 0.25) is 0 Å². The normalized spacial score (nSPS) is 17.0. The van der Waals surface area contributed by atoms with Crippen molar-refractivity contribution in [1.82, 2.24) is 15.0 Å². The van der Waals surface area contributed by atoms with Crippen LogP contribution < -0.4 is 5.43 Å². The summed E-state index contributed by atoms with van der Waals surface area (Å²) in [5, 5.41) is 0.808. The van der Waals surface area contributed by atoms with Crippen LogP contribution in [0.5, 0.6) is 0 Å². The molecule has 22 heavy (non-hydrogen) atoms. The summed E-state index contributed by atoms with van der Waals surface area (Å²) in [5.74, 6) is 0.944. The summed E-state index contributed by atoms with van der Waals surface area (Å²) in [6, 6.07) is 0. The fraction of sp³-hybridized carbons (Fsp3) is 0.438. The average molecular weight is 331 g/mol. The third-order valence-electron chi connectivity index (χ3n) is 4.26. The Bertz CT molecular complexity index is 955. The highest BCUT2D eigenvalue weighted by Crippen LogP contribution is 2.42. The van der Waals surface area contributed by atoms with E-state index in [1.165, 1.54) is 22.5 Å². The summed E-state index contributed by atoms with van der Waals surface area (Å²) in [5.41, 5.74) is 4.29. The molecule has 0 spiro atoms. The molecule has 0 atom stereocenters. The van der Waals surface area contributed by atoms with E-state index in [9.17, 15) is 4.79 Å². The number of hydrogen-bond donors (Lipinski definition) is 1. The fourth-order valence-corrected chi connectivity index (χ4v) is 5.29. The van der Waals surface area contributed by atoms with Crippen LogP contribution in [0.15, 0.2) is 11.1 Å². The zero-order valence-electron chi connectivity index (χ0n) is 12.8. The van der Waals surface area contributed by atoms with Crippen molar-refractivity contribution in [2.75, 3.05) is 0 Å². The molecule has 3 aromatic rings. The number of nitrogens with zero attached hydrogens (tertiary/aromatic N) is 2. The predicted octanol–water partition coefficient (Wildman–Crippen LogP) is 3.66. The maximum absolute atomic E-state index is 12.9. The molecule has 0 aliphatic carbocycles. The van der Waals surface area contributed by atoms with Gasteiger partial charge < -0.3 is 4.98 Å². The van der Waals surface area contributed by atoms with Gasteiger partial charge in [-0.2, -0.15) is 11.8 Å². The van der Waals surface area contributed by atoms with E-state index in [1.807, 2.05) is 11.8 Å². The van der Waals surface area contributed by atoms with E-state index in [4.69, 9.17) is 4.98 Å². The van der Waals surface area contributed by atoms with E-state index >= 15 is 0 Å². The van der Waals surface area contributed by atoms with Crippen molar-refractivity contribution in [3.05, 3.63) is 33.4 Å². The Balaban J connectivity index is 2.17. The van der Waals surface area contributed by atoms with Crippen LogP contribution in [0.3, 0.4) is 0 Å². The molecule has 114 valence electrons. The van der Waals surface area contributed by atoms with Crippen molar-refractivity contribution in [3.8, 4) is 0 Å². The topological polar surface area (TPSA) is 58.6 Å². The maximum Gasteiger partial charge on any atom is 0.215 e. The van der Waals surface area contributed by atoms with E-state index in [0.29, 0.717) is 5.52 Å². The minimum absolute atomic E-state index is 0.0513. The molecule has 0 unspecified atom stereocenters. The average Bonchev–Trinajstić information content (AvgIpc) is 2.93. The standard InChI is InChI=1S/C16H17N3OS2/c1-4-10-9-6-21-16(2,3)5-8(9)11-13(20)12-15(18-7-17-12)22-14(11)19-10/h7H,4-6H2,1-3H3,(H,17,18). The third kappa shape index (κ3) is 2.01. The van der Waals surface area contributed by atoms with Gasteiger partial charge in [-0.1, -0.05) is 32.1 Å². The molecule has 0 saturated heterocycles. The van der Waals surface area contributed by atoms with Gasteiger partial charge in [-0.3, -0.25) is 4.79 Å². The highest BCUT2D eigenvalue weighted by Gasteiger charge is 2.30. The van der Waals surface area contributed by atoms with Gasteiger partial charge in [0.1, 0.15) is 15.2 Å². The van der Waals surface area contributed by atoms with Crippen molar-refractivity contribution in [1.29, 1.82) is 0 Å². The minimum Gasteiger partial charge on any atom is -0.341 e.